The highest BCUT2D eigenvalue weighted by molar-refractivity contribution is 14.1. The van der Waals surface area contributed by atoms with Crippen molar-refractivity contribution < 1.29 is 9.47 Å². The van der Waals surface area contributed by atoms with Crippen LogP contribution in [0.4, 0.5) is 0 Å². The van der Waals surface area contributed by atoms with E-state index in [4.69, 9.17) is 9.47 Å². The summed E-state index contributed by atoms with van der Waals surface area (Å²) in [4.78, 5) is 0. The number of unbranched alkanes of at least 4 members (excludes halogenated alkanes) is 1. The van der Waals surface area contributed by atoms with E-state index in [1.54, 1.807) is 7.11 Å². The van der Waals surface area contributed by atoms with Gasteiger partial charge in [0.25, 0.3) is 0 Å². The molecule has 0 fully saturated rings. The normalized spacial score (nSPS) is 10.6. The predicted octanol–water partition coefficient (Wildman–Crippen LogP) is 3.36. The molecule has 0 heterocycles. The zero-order chi connectivity index (χ0) is 13.1. The summed E-state index contributed by atoms with van der Waals surface area (Å²) >= 11 is 2.18. The van der Waals surface area contributed by atoms with Crippen LogP contribution in [0.5, 0.6) is 5.75 Å². The fourth-order valence-electron chi connectivity index (χ4n) is 1.69. The van der Waals surface area contributed by atoms with E-state index in [0.29, 0.717) is 0 Å². The van der Waals surface area contributed by atoms with Gasteiger partial charge in [0.05, 0.1) is 6.61 Å². The molecule has 1 aromatic carbocycles. The highest BCUT2D eigenvalue weighted by Crippen LogP contribution is 2.15. The molecule has 0 spiro atoms. The van der Waals surface area contributed by atoms with Crippen LogP contribution >= 0.6 is 22.9 Å². The molecule has 0 saturated heterocycles. The predicted molar refractivity (Wildman–Crippen MR) is 83.4 cm³/mol. The maximum Gasteiger partial charge on any atom is 0.119 e. The highest BCUT2D eigenvalue weighted by atomic mass is 127. The van der Waals surface area contributed by atoms with Crippen LogP contribution in [0.3, 0.4) is 0 Å². The summed E-state index contributed by atoms with van der Waals surface area (Å²) in [5.41, 5.74) is 1.34. The molecule has 0 saturated carbocycles. The van der Waals surface area contributed by atoms with Crippen molar-refractivity contribution in [2.24, 2.45) is 0 Å². The van der Waals surface area contributed by atoms with Gasteiger partial charge >= 0.3 is 0 Å². The summed E-state index contributed by atoms with van der Waals surface area (Å²) in [6.45, 7) is 2.62. The fourth-order valence-corrected chi connectivity index (χ4v) is 2.07. The van der Waals surface area contributed by atoms with Crippen molar-refractivity contribution in [2.45, 2.75) is 25.7 Å². The van der Waals surface area contributed by atoms with E-state index >= 15 is 0 Å². The Morgan fingerprint density at radius 3 is 2.78 bits per heavy atom. The van der Waals surface area contributed by atoms with Crippen molar-refractivity contribution in [3.05, 3.63) is 29.8 Å². The minimum Gasteiger partial charge on any atom is -0.494 e. The standard InChI is InChI=1S/C14H22INO2/c1-17-10-2-3-11-18-14-8-4-6-13(12-14)7-5-9-16-15/h4,6,8,12,16H,2-3,5,7,9-11H2,1H3. The lowest BCUT2D eigenvalue weighted by atomic mass is 10.1. The van der Waals surface area contributed by atoms with Crippen LogP contribution in [0.2, 0.25) is 0 Å². The summed E-state index contributed by atoms with van der Waals surface area (Å²) in [6.07, 6.45) is 4.34. The first-order valence-corrected chi connectivity index (χ1v) is 7.49. The van der Waals surface area contributed by atoms with Gasteiger partial charge < -0.3 is 9.47 Å². The van der Waals surface area contributed by atoms with Crippen molar-refractivity contribution in [1.29, 1.82) is 0 Å². The molecule has 1 rings (SSSR count). The molecule has 0 amide bonds. The van der Waals surface area contributed by atoms with Gasteiger partial charge in [-0.25, -0.2) is 0 Å². The van der Waals surface area contributed by atoms with Gasteiger partial charge in [0.1, 0.15) is 5.75 Å². The third kappa shape index (κ3) is 7.18. The van der Waals surface area contributed by atoms with Crippen molar-refractivity contribution in [3.8, 4) is 5.75 Å². The Bertz CT molecular complexity index is 320. The van der Waals surface area contributed by atoms with Gasteiger partial charge in [-0.3, -0.25) is 3.53 Å². The first-order valence-electron chi connectivity index (χ1n) is 6.41. The Hall–Kier alpha value is -0.330. The molecule has 0 radical (unpaired) electrons. The summed E-state index contributed by atoms with van der Waals surface area (Å²) in [6, 6.07) is 8.39. The second-order valence-corrected chi connectivity index (χ2v) is 4.95. The highest BCUT2D eigenvalue weighted by Gasteiger charge is 1.97. The minimum atomic E-state index is 0.766. The van der Waals surface area contributed by atoms with Gasteiger partial charge in [0.2, 0.25) is 0 Å². The van der Waals surface area contributed by atoms with Crippen LogP contribution in [0.25, 0.3) is 0 Å². The topological polar surface area (TPSA) is 30.5 Å². The fraction of sp³-hybridized carbons (Fsp3) is 0.571. The molecule has 0 bridgehead atoms. The molecule has 102 valence electrons. The molecular weight excluding hydrogens is 341 g/mol. The maximum atomic E-state index is 5.73. The number of benzene rings is 1. The first-order chi connectivity index (χ1) is 8.86. The Kier molecular flexibility index (Phi) is 9.24. The largest absolute Gasteiger partial charge is 0.494 e. The van der Waals surface area contributed by atoms with Gasteiger partial charge in [-0.1, -0.05) is 12.1 Å². The Balaban J connectivity index is 2.26. The molecule has 0 atom stereocenters. The van der Waals surface area contributed by atoms with E-state index in [9.17, 15) is 0 Å². The van der Waals surface area contributed by atoms with Gasteiger partial charge in [-0.15, -0.1) is 0 Å². The van der Waals surface area contributed by atoms with Gasteiger partial charge in [-0.05, 0) is 43.4 Å². The van der Waals surface area contributed by atoms with Crippen LogP contribution in [0.1, 0.15) is 24.8 Å². The number of aryl methyl sites for hydroxylation is 1. The smallest absolute Gasteiger partial charge is 0.119 e. The van der Waals surface area contributed by atoms with Crippen molar-refractivity contribution in [1.82, 2.24) is 3.53 Å². The number of hydrogen-bond acceptors (Lipinski definition) is 3. The van der Waals surface area contributed by atoms with Crippen LogP contribution < -0.4 is 8.27 Å². The Labute approximate surface area is 124 Å². The SMILES string of the molecule is COCCCCOc1cccc(CCCNI)c1. The number of hydrogen-bond donors (Lipinski definition) is 1. The molecule has 0 unspecified atom stereocenters. The Morgan fingerprint density at radius 1 is 1.17 bits per heavy atom. The monoisotopic (exact) mass is 363 g/mol. The molecule has 3 nitrogen and oxygen atoms in total. The average molecular weight is 363 g/mol. The second kappa shape index (κ2) is 10.6. The molecule has 0 aromatic heterocycles. The first kappa shape index (κ1) is 15.7. The molecule has 1 N–H and O–H groups in total. The van der Waals surface area contributed by atoms with Crippen LogP contribution in [-0.2, 0) is 11.2 Å². The van der Waals surface area contributed by atoms with Crippen LogP contribution in [-0.4, -0.2) is 26.9 Å². The number of ether oxygens (including phenoxy) is 2. The van der Waals surface area contributed by atoms with E-state index in [2.05, 4.69) is 44.6 Å². The number of halogens is 1. The van der Waals surface area contributed by atoms with Gasteiger partial charge in [0, 0.05) is 43.1 Å². The van der Waals surface area contributed by atoms with Crippen molar-refractivity contribution in [2.75, 3.05) is 26.9 Å². The average Bonchev–Trinajstić information content (AvgIpc) is 2.39. The summed E-state index contributed by atoms with van der Waals surface area (Å²) < 4.78 is 13.9. The van der Waals surface area contributed by atoms with Crippen LogP contribution in [0.15, 0.2) is 24.3 Å². The zero-order valence-electron chi connectivity index (χ0n) is 11.0. The van der Waals surface area contributed by atoms with Gasteiger partial charge in [0.15, 0.2) is 0 Å². The number of methoxy groups -OCH3 is 1. The van der Waals surface area contributed by atoms with Crippen LogP contribution in [0, 0.1) is 0 Å². The summed E-state index contributed by atoms with van der Waals surface area (Å²) in [5, 5.41) is 0. The lowest BCUT2D eigenvalue weighted by Gasteiger charge is -2.08. The molecule has 0 aliphatic rings. The van der Waals surface area contributed by atoms with E-state index in [-0.39, 0.29) is 0 Å². The molecule has 0 aliphatic carbocycles. The minimum absolute atomic E-state index is 0.766. The number of nitrogens with one attached hydrogen (secondary N) is 1. The van der Waals surface area contributed by atoms with E-state index in [1.807, 2.05) is 6.07 Å². The summed E-state index contributed by atoms with van der Waals surface area (Å²) in [5.74, 6) is 0.979. The lowest BCUT2D eigenvalue weighted by Crippen LogP contribution is -2.02. The van der Waals surface area contributed by atoms with E-state index in [0.717, 1.165) is 51.2 Å². The molecule has 0 aliphatic heterocycles. The molecule has 18 heavy (non-hydrogen) atoms. The lowest BCUT2D eigenvalue weighted by molar-refractivity contribution is 0.184. The Morgan fingerprint density at radius 2 is 2.00 bits per heavy atom. The van der Waals surface area contributed by atoms with E-state index < -0.39 is 0 Å². The second-order valence-electron chi connectivity index (χ2n) is 4.18. The molecule has 4 heteroatoms. The summed E-state index contributed by atoms with van der Waals surface area (Å²) in [7, 11) is 1.73. The van der Waals surface area contributed by atoms with E-state index in [1.165, 1.54) is 5.56 Å². The molecular formula is C14H22INO2. The molecule has 1 aromatic rings. The third-order valence-corrected chi connectivity index (χ3v) is 3.19. The zero-order valence-corrected chi connectivity index (χ0v) is 13.1. The number of rotatable bonds is 10. The third-order valence-electron chi connectivity index (χ3n) is 2.65. The quantitative estimate of drug-likeness (QED) is 0.393. The maximum absolute atomic E-state index is 5.73. The van der Waals surface area contributed by atoms with Crippen molar-refractivity contribution >= 4 is 22.9 Å². The van der Waals surface area contributed by atoms with Gasteiger partial charge in [-0.2, -0.15) is 0 Å². The van der Waals surface area contributed by atoms with Crippen molar-refractivity contribution in [3.63, 3.8) is 0 Å².